The summed E-state index contributed by atoms with van der Waals surface area (Å²) in [5.41, 5.74) is 0.0449. The number of carbonyl (C=O) groups excluding carboxylic acids is 2. The van der Waals surface area contributed by atoms with Crippen molar-refractivity contribution >= 4 is 27.7 Å². The molecule has 1 aliphatic heterocycles. The highest BCUT2D eigenvalue weighted by molar-refractivity contribution is 9.09. The van der Waals surface area contributed by atoms with Crippen LogP contribution < -0.4 is 0 Å². The predicted octanol–water partition coefficient (Wildman–Crippen LogP) is 2.97. The Morgan fingerprint density at radius 1 is 1.11 bits per heavy atom. The molecule has 2 amide bonds. The Labute approximate surface area is 123 Å². The zero-order valence-corrected chi connectivity index (χ0v) is 13.3. The molecule has 4 heteroatoms. The van der Waals surface area contributed by atoms with E-state index in [9.17, 15) is 9.59 Å². The molecule has 3 aliphatic rings. The summed E-state index contributed by atoms with van der Waals surface area (Å²) in [4.78, 5) is 26.4. The predicted molar refractivity (Wildman–Crippen MR) is 76.8 cm³/mol. The van der Waals surface area contributed by atoms with Gasteiger partial charge >= 0.3 is 0 Å². The minimum atomic E-state index is -0.0845. The van der Waals surface area contributed by atoms with Gasteiger partial charge in [0.05, 0.1) is 11.8 Å². The number of fused-ring (bicyclic) bond motifs is 1. The molecule has 0 aromatic rings. The number of nitrogens with zero attached hydrogens (tertiary/aromatic N) is 1. The van der Waals surface area contributed by atoms with Gasteiger partial charge in [0.15, 0.2) is 0 Å². The summed E-state index contributed by atoms with van der Waals surface area (Å²) in [6, 6.07) is 0. The molecule has 3 fully saturated rings. The SMILES string of the molecule is CC1(C)C2C(=O)N(CC3(CBr)CCCCC3)C(=O)C21. The zero-order chi connectivity index (χ0) is 13.8. The Kier molecular flexibility index (Phi) is 3.08. The molecule has 0 radical (unpaired) electrons. The molecule has 1 heterocycles. The monoisotopic (exact) mass is 327 g/mol. The molecule has 3 nitrogen and oxygen atoms in total. The second-order valence-corrected chi connectivity index (χ2v) is 7.79. The average Bonchev–Trinajstić information content (AvgIpc) is 2.88. The van der Waals surface area contributed by atoms with Crippen LogP contribution in [0.3, 0.4) is 0 Å². The third-order valence-corrected chi connectivity index (χ3v) is 6.77. The number of hydrogen-bond donors (Lipinski definition) is 0. The van der Waals surface area contributed by atoms with E-state index in [1.54, 1.807) is 4.90 Å². The molecule has 0 spiro atoms. The molecule has 106 valence electrons. The van der Waals surface area contributed by atoms with Gasteiger partial charge in [-0.2, -0.15) is 0 Å². The lowest BCUT2D eigenvalue weighted by molar-refractivity contribution is -0.145. The highest BCUT2D eigenvalue weighted by Crippen LogP contribution is 2.63. The van der Waals surface area contributed by atoms with Crippen molar-refractivity contribution in [2.45, 2.75) is 46.0 Å². The number of likely N-dealkylation sites (tertiary alicyclic amines) is 1. The molecule has 2 atom stereocenters. The average molecular weight is 328 g/mol. The van der Waals surface area contributed by atoms with Gasteiger partial charge in [0.2, 0.25) is 11.8 Å². The smallest absolute Gasteiger partial charge is 0.233 e. The summed E-state index contributed by atoms with van der Waals surface area (Å²) < 4.78 is 0. The number of piperidine rings is 1. The quantitative estimate of drug-likeness (QED) is 0.590. The Balaban J connectivity index is 1.74. The van der Waals surface area contributed by atoms with Crippen LogP contribution in [0.1, 0.15) is 46.0 Å². The lowest BCUT2D eigenvalue weighted by Crippen LogP contribution is -2.45. The van der Waals surface area contributed by atoms with Crippen molar-refractivity contribution in [3.05, 3.63) is 0 Å². The van der Waals surface area contributed by atoms with Gasteiger partial charge in [-0.3, -0.25) is 14.5 Å². The van der Waals surface area contributed by atoms with Crippen LogP contribution >= 0.6 is 15.9 Å². The largest absolute Gasteiger partial charge is 0.281 e. The van der Waals surface area contributed by atoms with Gasteiger partial charge in [0, 0.05) is 11.9 Å². The van der Waals surface area contributed by atoms with Crippen molar-refractivity contribution in [3.63, 3.8) is 0 Å². The van der Waals surface area contributed by atoms with Crippen LogP contribution in [0.2, 0.25) is 0 Å². The molecule has 2 unspecified atom stereocenters. The first kappa shape index (κ1) is 13.6. The summed E-state index contributed by atoms with van der Waals surface area (Å²) >= 11 is 3.61. The molecule has 19 heavy (non-hydrogen) atoms. The van der Waals surface area contributed by atoms with E-state index in [-0.39, 0.29) is 34.5 Å². The Morgan fingerprint density at radius 3 is 2.11 bits per heavy atom. The van der Waals surface area contributed by atoms with E-state index in [1.807, 2.05) is 13.8 Å². The van der Waals surface area contributed by atoms with E-state index in [0.29, 0.717) is 6.54 Å². The first-order valence-corrected chi connectivity index (χ1v) is 8.46. The number of rotatable bonds is 3. The molecule has 2 aliphatic carbocycles. The van der Waals surface area contributed by atoms with Crippen molar-refractivity contribution in [2.24, 2.45) is 22.7 Å². The molecule has 0 N–H and O–H groups in total. The van der Waals surface area contributed by atoms with Gasteiger partial charge in [-0.15, -0.1) is 0 Å². The fraction of sp³-hybridized carbons (Fsp3) is 0.867. The van der Waals surface area contributed by atoms with E-state index < -0.39 is 0 Å². The van der Waals surface area contributed by atoms with Gasteiger partial charge in [-0.05, 0) is 23.7 Å². The van der Waals surface area contributed by atoms with Gasteiger partial charge in [-0.1, -0.05) is 49.0 Å². The Morgan fingerprint density at radius 2 is 1.63 bits per heavy atom. The number of imide groups is 1. The number of alkyl halides is 1. The topological polar surface area (TPSA) is 37.4 Å². The number of carbonyl (C=O) groups is 2. The third kappa shape index (κ3) is 1.90. The molecule has 3 rings (SSSR count). The Hall–Kier alpha value is -0.380. The van der Waals surface area contributed by atoms with Gasteiger partial charge in [-0.25, -0.2) is 0 Å². The first-order valence-electron chi connectivity index (χ1n) is 7.34. The van der Waals surface area contributed by atoms with E-state index in [4.69, 9.17) is 0 Å². The van der Waals surface area contributed by atoms with Crippen molar-refractivity contribution in [1.29, 1.82) is 0 Å². The van der Waals surface area contributed by atoms with Crippen LogP contribution in [-0.4, -0.2) is 28.6 Å². The normalized spacial score (nSPS) is 35.4. The van der Waals surface area contributed by atoms with Gasteiger partial charge in [0.25, 0.3) is 0 Å². The summed E-state index contributed by atoms with van der Waals surface area (Å²) in [6.07, 6.45) is 6.00. The van der Waals surface area contributed by atoms with Crippen LogP contribution in [0.25, 0.3) is 0 Å². The van der Waals surface area contributed by atoms with E-state index in [0.717, 1.165) is 18.2 Å². The molecule has 2 saturated carbocycles. The van der Waals surface area contributed by atoms with Crippen LogP contribution in [0.5, 0.6) is 0 Å². The minimum absolute atomic E-state index is 0.0315. The maximum absolute atomic E-state index is 12.4. The summed E-state index contributed by atoms with van der Waals surface area (Å²) in [5, 5.41) is 0.899. The molecule has 0 aromatic heterocycles. The minimum Gasteiger partial charge on any atom is -0.281 e. The summed E-state index contributed by atoms with van der Waals surface area (Å²) in [7, 11) is 0. The zero-order valence-electron chi connectivity index (χ0n) is 11.7. The van der Waals surface area contributed by atoms with Gasteiger partial charge < -0.3 is 0 Å². The molecule has 1 saturated heterocycles. The molecular formula is C15H22BrNO2. The van der Waals surface area contributed by atoms with Crippen LogP contribution in [-0.2, 0) is 9.59 Å². The van der Waals surface area contributed by atoms with Crippen LogP contribution in [0.15, 0.2) is 0 Å². The van der Waals surface area contributed by atoms with E-state index in [1.165, 1.54) is 19.3 Å². The van der Waals surface area contributed by atoms with E-state index >= 15 is 0 Å². The van der Waals surface area contributed by atoms with Crippen molar-refractivity contribution < 1.29 is 9.59 Å². The molecular weight excluding hydrogens is 306 g/mol. The summed E-state index contributed by atoms with van der Waals surface area (Å²) in [6.45, 7) is 4.71. The van der Waals surface area contributed by atoms with E-state index in [2.05, 4.69) is 15.9 Å². The standard InChI is InChI=1S/C15H22BrNO2/c1-14(2)10-11(14)13(19)17(12(10)18)9-15(8-16)6-4-3-5-7-15/h10-11H,3-9H2,1-2H3. The number of hydrogen-bond acceptors (Lipinski definition) is 2. The lowest BCUT2D eigenvalue weighted by atomic mass is 9.75. The maximum atomic E-state index is 12.4. The Bertz CT molecular complexity index is 402. The van der Waals surface area contributed by atoms with Crippen molar-refractivity contribution in [3.8, 4) is 0 Å². The fourth-order valence-electron chi connectivity index (χ4n) is 4.13. The highest BCUT2D eigenvalue weighted by Gasteiger charge is 2.72. The lowest BCUT2D eigenvalue weighted by Gasteiger charge is -2.39. The summed E-state index contributed by atoms with van der Waals surface area (Å²) in [5.74, 6) is 0.115. The van der Waals surface area contributed by atoms with Crippen LogP contribution in [0, 0.1) is 22.7 Å². The van der Waals surface area contributed by atoms with Crippen molar-refractivity contribution in [1.82, 2.24) is 4.90 Å². The second-order valence-electron chi connectivity index (χ2n) is 7.23. The number of halogens is 1. The third-order valence-electron chi connectivity index (χ3n) is 5.58. The van der Waals surface area contributed by atoms with Crippen molar-refractivity contribution in [2.75, 3.05) is 11.9 Å². The highest BCUT2D eigenvalue weighted by atomic mass is 79.9. The first-order chi connectivity index (χ1) is 8.93. The fourth-order valence-corrected chi connectivity index (χ4v) is 4.87. The van der Waals surface area contributed by atoms with Crippen LogP contribution in [0.4, 0.5) is 0 Å². The van der Waals surface area contributed by atoms with Gasteiger partial charge in [0.1, 0.15) is 0 Å². The molecule has 0 bridgehead atoms. The maximum Gasteiger partial charge on any atom is 0.233 e. The molecule has 0 aromatic carbocycles. The second kappa shape index (κ2) is 4.31. The number of amides is 2.